The zero-order valence-corrected chi connectivity index (χ0v) is 9.44. The molecule has 4 nitrogen and oxygen atoms in total. The number of hydrogen-bond acceptors (Lipinski definition) is 3. The highest BCUT2D eigenvalue weighted by Gasteiger charge is 2.11. The minimum atomic E-state index is 0.394. The summed E-state index contributed by atoms with van der Waals surface area (Å²) in [6.45, 7) is 2.04. The lowest BCUT2D eigenvalue weighted by Gasteiger charge is -2.03. The molecule has 0 bridgehead atoms. The van der Waals surface area contributed by atoms with Gasteiger partial charge in [0.1, 0.15) is 5.82 Å². The summed E-state index contributed by atoms with van der Waals surface area (Å²) in [6, 6.07) is 7.83. The van der Waals surface area contributed by atoms with E-state index in [1.54, 1.807) is 0 Å². The molecule has 0 saturated heterocycles. The van der Waals surface area contributed by atoms with Gasteiger partial charge in [-0.05, 0) is 12.1 Å². The molecule has 3 rings (SSSR count). The molecular weight excluding hydrogens is 224 g/mol. The van der Waals surface area contributed by atoms with Crippen molar-refractivity contribution in [1.82, 2.24) is 19.6 Å². The third kappa shape index (κ3) is 1.20. The van der Waals surface area contributed by atoms with E-state index in [9.17, 15) is 0 Å². The summed E-state index contributed by atoms with van der Waals surface area (Å²) in [7, 11) is 0. The van der Waals surface area contributed by atoms with Gasteiger partial charge in [0.25, 0.3) is 0 Å². The highest BCUT2D eigenvalue weighted by Crippen LogP contribution is 2.21. The Morgan fingerprint density at radius 3 is 2.88 bits per heavy atom. The Hall–Kier alpha value is -1.68. The van der Waals surface area contributed by atoms with Gasteiger partial charge >= 0.3 is 0 Å². The fourth-order valence-electron chi connectivity index (χ4n) is 1.84. The second kappa shape index (κ2) is 3.42. The lowest BCUT2D eigenvalue weighted by atomic mass is 10.3. The maximum absolute atomic E-state index is 6.07. The van der Waals surface area contributed by atoms with Crippen LogP contribution in [0.4, 0.5) is 0 Å². The fourth-order valence-corrected chi connectivity index (χ4v) is 2.05. The van der Waals surface area contributed by atoms with Gasteiger partial charge in [0, 0.05) is 6.42 Å². The van der Waals surface area contributed by atoms with Crippen molar-refractivity contribution in [3.63, 3.8) is 0 Å². The summed E-state index contributed by atoms with van der Waals surface area (Å²) >= 11 is 6.07. The Kier molecular flexibility index (Phi) is 2.04. The van der Waals surface area contributed by atoms with E-state index in [2.05, 4.69) is 15.2 Å². The van der Waals surface area contributed by atoms with Crippen LogP contribution in [0.3, 0.4) is 0 Å². The number of para-hydroxylation sites is 2. The molecule has 0 saturated carbocycles. The number of fused-ring (bicyclic) bond motifs is 3. The van der Waals surface area contributed by atoms with E-state index in [4.69, 9.17) is 11.6 Å². The fraction of sp³-hybridized carbons (Fsp3) is 0.182. The quantitative estimate of drug-likeness (QED) is 0.648. The smallest absolute Gasteiger partial charge is 0.199 e. The van der Waals surface area contributed by atoms with Crippen LogP contribution in [0, 0.1) is 0 Å². The third-order valence-corrected chi connectivity index (χ3v) is 2.83. The number of aryl methyl sites for hydroxylation is 1. The molecule has 0 aliphatic heterocycles. The predicted molar refractivity (Wildman–Crippen MR) is 62.7 cm³/mol. The third-order valence-electron chi connectivity index (χ3n) is 2.57. The number of rotatable bonds is 1. The van der Waals surface area contributed by atoms with Crippen molar-refractivity contribution in [2.45, 2.75) is 13.3 Å². The summed E-state index contributed by atoms with van der Waals surface area (Å²) in [5.41, 5.74) is 2.47. The molecule has 0 aliphatic rings. The van der Waals surface area contributed by atoms with E-state index in [0.29, 0.717) is 10.8 Å². The highest BCUT2D eigenvalue weighted by atomic mass is 35.5. The number of aromatic nitrogens is 4. The van der Waals surface area contributed by atoms with Crippen LogP contribution in [0.5, 0.6) is 0 Å². The van der Waals surface area contributed by atoms with E-state index in [0.717, 1.165) is 23.3 Å². The van der Waals surface area contributed by atoms with Crippen molar-refractivity contribution in [1.29, 1.82) is 0 Å². The van der Waals surface area contributed by atoms with E-state index in [-0.39, 0.29) is 0 Å². The van der Waals surface area contributed by atoms with Crippen LogP contribution in [0.2, 0.25) is 5.15 Å². The molecule has 0 amide bonds. The molecule has 1 aromatic carbocycles. The first-order valence-electron chi connectivity index (χ1n) is 5.09. The van der Waals surface area contributed by atoms with Crippen molar-refractivity contribution in [2.24, 2.45) is 0 Å². The molecule has 80 valence electrons. The van der Waals surface area contributed by atoms with Gasteiger partial charge in [-0.1, -0.05) is 30.7 Å². The van der Waals surface area contributed by atoms with Crippen LogP contribution in [0.25, 0.3) is 16.7 Å². The lowest BCUT2D eigenvalue weighted by molar-refractivity contribution is 0.921. The minimum absolute atomic E-state index is 0.394. The van der Waals surface area contributed by atoms with Gasteiger partial charge in [-0.2, -0.15) is 0 Å². The maximum Gasteiger partial charge on any atom is 0.199 e. The van der Waals surface area contributed by atoms with Crippen LogP contribution in [0.1, 0.15) is 12.7 Å². The summed E-state index contributed by atoms with van der Waals surface area (Å²) < 4.78 is 1.96. The number of nitrogens with zero attached hydrogens (tertiary/aromatic N) is 4. The molecule has 0 fully saturated rings. The molecule has 16 heavy (non-hydrogen) atoms. The molecule has 0 unspecified atom stereocenters. The molecule has 5 heteroatoms. The SMILES string of the molecule is CCc1nnc2c(Cl)nc3ccccc3n12. The Bertz CT molecular complexity index is 674. The molecule has 0 spiro atoms. The average molecular weight is 233 g/mol. The summed E-state index contributed by atoms with van der Waals surface area (Å²) in [5.74, 6) is 0.899. The maximum atomic E-state index is 6.07. The van der Waals surface area contributed by atoms with Crippen LogP contribution in [0.15, 0.2) is 24.3 Å². The number of benzene rings is 1. The largest absolute Gasteiger partial charge is 0.275 e. The molecule has 2 heterocycles. The number of hydrogen-bond donors (Lipinski definition) is 0. The van der Waals surface area contributed by atoms with Crippen LogP contribution < -0.4 is 0 Å². The average Bonchev–Trinajstić information content (AvgIpc) is 2.74. The first kappa shape index (κ1) is 9.54. The first-order chi connectivity index (χ1) is 7.81. The first-order valence-corrected chi connectivity index (χ1v) is 5.47. The zero-order chi connectivity index (χ0) is 11.1. The van der Waals surface area contributed by atoms with E-state index in [1.807, 2.05) is 35.6 Å². The summed E-state index contributed by atoms with van der Waals surface area (Å²) in [5, 5.41) is 8.57. The van der Waals surface area contributed by atoms with E-state index in [1.165, 1.54) is 0 Å². The van der Waals surface area contributed by atoms with Crippen molar-refractivity contribution in [3.8, 4) is 0 Å². The minimum Gasteiger partial charge on any atom is -0.275 e. The van der Waals surface area contributed by atoms with Gasteiger partial charge in [-0.15, -0.1) is 10.2 Å². The standard InChI is InChI=1S/C11H9ClN4/c1-2-9-14-15-11-10(12)13-7-5-3-4-6-8(7)16(9)11/h3-6H,2H2,1H3. The molecule has 0 radical (unpaired) electrons. The molecule has 0 aliphatic carbocycles. The van der Waals surface area contributed by atoms with Crippen LogP contribution in [-0.4, -0.2) is 19.6 Å². The van der Waals surface area contributed by atoms with Gasteiger partial charge in [0.2, 0.25) is 0 Å². The number of halogens is 1. The van der Waals surface area contributed by atoms with Crippen molar-refractivity contribution < 1.29 is 0 Å². The van der Waals surface area contributed by atoms with Crippen LogP contribution >= 0.6 is 11.6 Å². The van der Waals surface area contributed by atoms with Crippen molar-refractivity contribution in [2.75, 3.05) is 0 Å². The second-order valence-corrected chi connectivity index (χ2v) is 3.88. The molecule has 2 aromatic heterocycles. The predicted octanol–water partition coefficient (Wildman–Crippen LogP) is 2.49. The second-order valence-electron chi connectivity index (χ2n) is 3.52. The van der Waals surface area contributed by atoms with Gasteiger partial charge < -0.3 is 0 Å². The summed E-state index contributed by atoms with van der Waals surface area (Å²) in [6.07, 6.45) is 0.811. The lowest BCUT2D eigenvalue weighted by Crippen LogP contribution is -1.96. The molecule has 0 atom stereocenters. The topological polar surface area (TPSA) is 43.1 Å². The molecule has 0 N–H and O–H groups in total. The Morgan fingerprint density at radius 1 is 1.25 bits per heavy atom. The van der Waals surface area contributed by atoms with Crippen LogP contribution in [-0.2, 0) is 6.42 Å². The molecular formula is C11H9ClN4. The molecule has 3 aromatic rings. The van der Waals surface area contributed by atoms with Gasteiger partial charge in [0.15, 0.2) is 10.8 Å². The van der Waals surface area contributed by atoms with Gasteiger partial charge in [0.05, 0.1) is 11.0 Å². The van der Waals surface area contributed by atoms with Gasteiger partial charge in [-0.3, -0.25) is 4.40 Å². The van der Waals surface area contributed by atoms with Crippen molar-refractivity contribution in [3.05, 3.63) is 35.2 Å². The summed E-state index contributed by atoms with van der Waals surface area (Å²) in [4.78, 5) is 4.29. The normalized spacial score (nSPS) is 11.4. The Balaban J connectivity index is 2.59. The van der Waals surface area contributed by atoms with E-state index >= 15 is 0 Å². The Labute approximate surface area is 96.9 Å². The van der Waals surface area contributed by atoms with E-state index < -0.39 is 0 Å². The highest BCUT2D eigenvalue weighted by molar-refractivity contribution is 6.32. The monoisotopic (exact) mass is 232 g/mol. The Morgan fingerprint density at radius 2 is 2.06 bits per heavy atom. The van der Waals surface area contributed by atoms with Gasteiger partial charge in [-0.25, -0.2) is 4.98 Å². The van der Waals surface area contributed by atoms with Crippen molar-refractivity contribution >= 4 is 28.3 Å². The zero-order valence-electron chi connectivity index (χ0n) is 8.68.